The highest BCUT2D eigenvalue weighted by Crippen LogP contribution is 2.41. The zero-order valence-corrected chi connectivity index (χ0v) is 14.3. The zero-order chi connectivity index (χ0) is 17.4. The van der Waals surface area contributed by atoms with Crippen molar-refractivity contribution in [1.82, 2.24) is 10.2 Å². The molecule has 1 aromatic heterocycles. The lowest BCUT2D eigenvalue weighted by atomic mass is 9.84. The third-order valence-electron chi connectivity index (χ3n) is 4.67. The standard InChI is InChI=1S/C20H20N4O/c1-24(2)15-10-8-13(9-11-15)16-12-17(25)21-20-18(16)19(22-23-20)14-6-4-3-5-7-14/h3-11,16H,12H2,1-2H3,(H2,21,22,23,25). The maximum Gasteiger partial charge on any atom is 0.226 e. The summed E-state index contributed by atoms with van der Waals surface area (Å²) in [5.41, 5.74) is 5.36. The molecule has 0 fully saturated rings. The Labute approximate surface area is 146 Å². The molecule has 126 valence electrons. The second-order valence-electron chi connectivity index (χ2n) is 6.52. The van der Waals surface area contributed by atoms with E-state index in [1.165, 1.54) is 0 Å². The summed E-state index contributed by atoms with van der Waals surface area (Å²) in [7, 11) is 4.04. The van der Waals surface area contributed by atoms with Crippen molar-refractivity contribution in [2.75, 3.05) is 24.3 Å². The van der Waals surface area contributed by atoms with Crippen LogP contribution in [0.2, 0.25) is 0 Å². The molecule has 3 aromatic rings. The van der Waals surface area contributed by atoms with Gasteiger partial charge in [0.05, 0.1) is 5.69 Å². The molecule has 1 amide bonds. The molecule has 4 rings (SSSR count). The van der Waals surface area contributed by atoms with Crippen LogP contribution in [-0.2, 0) is 4.79 Å². The topological polar surface area (TPSA) is 61.0 Å². The van der Waals surface area contributed by atoms with Gasteiger partial charge >= 0.3 is 0 Å². The van der Waals surface area contributed by atoms with Gasteiger partial charge in [0.15, 0.2) is 5.82 Å². The van der Waals surface area contributed by atoms with E-state index >= 15 is 0 Å². The van der Waals surface area contributed by atoms with E-state index in [1.54, 1.807) is 0 Å². The van der Waals surface area contributed by atoms with Crippen molar-refractivity contribution < 1.29 is 4.79 Å². The number of hydrogen-bond acceptors (Lipinski definition) is 3. The van der Waals surface area contributed by atoms with Crippen LogP contribution < -0.4 is 10.2 Å². The molecule has 25 heavy (non-hydrogen) atoms. The van der Waals surface area contributed by atoms with Gasteiger partial charge in [0.2, 0.25) is 5.91 Å². The Bertz CT molecular complexity index is 897. The molecule has 1 aliphatic heterocycles. The Morgan fingerprint density at radius 3 is 2.44 bits per heavy atom. The summed E-state index contributed by atoms with van der Waals surface area (Å²) in [5.74, 6) is 0.631. The van der Waals surface area contributed by atoms with E-state index in [1.807, 2.05) is 32.3 Å². The van der Waals surface area contributed by atoms with Crippen LogP contribution in [0.15, 0.2) is 54.6 Å². The van der Waals surface area contributed by atoms with E-state index < -0.39 is 0 Å². The van der Waals surface area contributed by atoms with Gasteiger partial charge in [-0.05, 0) is 23.3 Å². The SMILES string of the molecule is CN(C)c1ccc(C2CC(=O)Nc3n[nH]c(-c4ccccc4)c32)cc1. The summed E-state index contributed by atoms with van der Waals surface area (Å²) in [6, 6.07) is 18.5. The Hall–Kier alpha value is -3.08. The fourth-order valence-corrected chi connectivity index (χ4v) is 3.37. The average Bonchev–Trinajstić information content (AvgIpc) is 3.05. The van der Waals surface area contributed by atoms with Gasteiger partial charge in [-0.3, -0.25) is 9.89 Å². The fraction of sp³-hybridized carbons (Fsp3) is 0.200. The largest absolute Gasteiger partial charge is 0.378 e. The summed E-state index contributed by atoms with van der Waals surface area (Å²) in [6.45, 7) is 0. The molecule has 5 heteroatoms. The molecule has 1 aliphatic rings. The van der Waals surface area contributed by atoms with Crippen molar-refractivity contribution in [3.63, 3.8) is 0 Å². The summed E-state index contributed by atoms with van der Waals surface area (Å²) in [6.07, 6.45) is 0.424. The molecule has 1 unspecified atom stereocenters. The predicted molar refractivity (Wildman–Crippen MR) is 99.9 cm³/mol. The molecule has 0 saturated carbocycles. The third kappa shape index (κ3) is 2.78. The molecule has 0 saturated heterocycles. The van der Waals surface area contributed by atoms with E-state index in [4.69, 9.17) is 0 Å². The summed E-state index contributed by atoms with van der Waals surface area (Å²) >= 11 is 0. The van der Waals surface area contributed by atoms with Crippen LogP contribution in [0.1, 0.15) is 23.5 Å². The number of anilines is 2. The van der Waals surface area contributed by atoms with Gasteiger partial charge in [-0.1, -0.05) is 42.5 Å². The highest BCUT2D eigenvalue weighted by atomic mass is 16.1. The Morgan fingerprint density at radius 2 is 1.76 bits per heavy atom. The van der Waals surface area contributed by atoms with Crippen LogP contribution in [0.5, 0.6) is 0 Å². The average molecular weight is 332 g/mol. The Kier molecular flexibility index (Phi) is 3.76. The molecule has 2 N–H and O–H groups in total. The highest BCUT2D eigenvalue weighted by Gasteiger charge is 2.31. The number of H-pyrrole nitrogens is 1. The number of rotatable bonds is 3. The van der Waals surface area contributed by atoms with Gasteiger partial charge in [0.1, 0.15) is 0 Å². The number of benzene rings is 2. The molecular weight excluding hydrogens is 312 g/mol. The molecule has 0 radical (unpaired) electrons. The van der Waals surface area contributed by atoms with Gasteiger partial charge < -0.3 is 10.2 Å². The van der Waals surface area contributed by atoms with Crippen molar-refractivity contribution in [3.05, 3.63) is 65.7 Å². The van der Waals surface area contributed by atoms with Crippen molar-refractivity contribution >= 4 is 17.4 Å². The number of nitrogens with zero attached hydrogens (tertiary/aromatic N) is 2. The van der Waals surface area contributed by atoms with Gasteiger partial charge in [0.25, 0.3) is 0 Å². The number of aromatic amines is 1. The van der Waals surface area contributed by atoms with Gasteiger partial charge in [-0.2, -0.15) is 5.10 Å². The second-order valence-corrected chi connectivity index (χ2v) is 6.52. The maximum absolute atomic E-state index is 12.2. The van der Waals surface area contributed by atoms with Crippen LogP contribution in [0.4, 0.5) is 11.5 Å². The molecular formula is C20H20N4O. The van der Waals surface area contributed by atoms with Crippen LogP contribution >= 0.6 is 0 Å². The van der Waals surface area contributed by atoms with Crippen molar-refractivity contribution in [3.8, 4) is 11.3 Å². The van der Waals surface area contributed by atoms with E-state index in [-0.39, 0.29) is 11.8 Å². The number of amides is 1. The van der Waals surface area contributed by atoms with Crippen molar-refractivity contribution in [1.29, 1.82) is 0 Å². The minimum atomic E-state index is -0.00563. The first-order valence-electron chi connectivity index (χ1n) is 8.34. The smallest absolute Gasteiger partial charge is 0.226 e. The first-order chi connectivity index (χ1) is 12.1. The lowest BCUT2D eigenvalue weighted by Crippen LogP contribution is -2.23. The van der Waals surface area contributed by atoms with E-state index in [0.717, 1.165) is 28.1 Å². The molecule has 2 heterocycles. The first kappa shape index (κ1) is 15.4. The van der Waals surface area contributed by atoms with E-state index in [9.17, 15) is 4.79 Å². The van der Waals surface area contributed by atoms with Crippen molar-refractivity contribution in [2.45, 2.75) is 12.3 Å². The fourth-order valence-electron chi connectivity index (χ4n) is 3.37. The summed E-state index contributed by atoms with van der Waals surface area (Å²) in [5, 5.41) is 10.3. The summed E-state index contributed by atoms with van der Waals surface area (Å²) < 4.78 is 0. The minimum Gasteiger partial charge on any atom is -0.378 e. The number of carbonyl (C=O) groups is 1. The number of carbonyl (C=O) groups excluding carboxylic acids is 1. The molecule has 2 aromatic carbocycles. The van der Waals surface area contributed by atoms with E-state index in [2.05, 4.69) is 56.8 Å². The maximum atomic E-state index is 12.2. The normalized spacial score (nSPS) is 16.2. The van der Waals surface area contributed by atoms with Gasteiger partial charge in [-0.15, -0.1) is 0 Å². The Morgan fingerprint density at radius 1 is 1.04 bits per heavy atom. The number of hydrogen-bond donors (Lipinski definition) is 2. The number of aromatic nitrogens is 2. The number of fused-ring (bicyclic) bond motifs is 1. The van der Waals surface area contributed by atoms with Crippen LogP contribution in [0.3, 0.4) is 0 Å². The van der Waals surface area contributed by atoms with Crippen molar-refractivity contribution in [2.24, 2.45) is 0 Å². The van der Waals surface area contributed by atoms with Crippen LogP contribution in [0, 0.1) is 0 Å². The van der Waals surface area contributed by atoms with Gasteiger partial charge in [0, 0.05) is 37.7 Å². The minimum absolute atomic E-state index is 0.000276. The van der Waals surface area contributed by atoms with Gasteiger partial charge in [-0.25, -0.2) is 0 Å². The monoisotopic (exact) mass is 332 g/mol. The second kappa shape index (κ2) is 6.09. The quantitative estimate of drug-likeness (QED) is 0.770. The number of nitrogens with one attached hydrogen (secondary N) is 2. The first-order valence-corrected chi connectivity index (χ1v) is 8.34. The lowest BCUT2D eigenvalue weighted by Gasteiger charge is -2.24. The summed E-state index contributed by atoms with van der Waals surface area (Å²) in [4.78, 5) is 14.2. The molecule has 0 bridgehead atoms. The highest BCUT2D eigenvalue weighted by molar-refractivity contribution is 5.96. The molecule has 0 aliphatic carbocycles. The van der Waals surface area contributed by atoms with Crippen LogP contribution in [0.25, 0.3) is 11.3 Å². The Balaban J connectivity index is 1.80. The zero-order valence-electron chi connectivity index (χ0n) is 14.3. The van der Waals surface area contributed by atoms with E-state index in [0.29, 0.717) is 12.2 Å². The van der Waals surface area contributed by atoms with Crippen LogP contribution in [-0.4, -0.2) is 30.2 Å². The third-order valence-corrected chi connectivity index (χ3v) is 4.67. The molecule has 1 atom stereocenters. The molecule has 5 nitrogen and oxygen atoms in total. The molecule has 0 spiro atoms. The lowest BCUT2D eigenvalue weighted by molar-refractivity contribution is -0.116. The predicted octanol–water partition coefficient (Wildman–Crippen LogP) is 3.62.